The Hall–Kier alpha value is -4.48. The van der Waals surface area contributed by atoms with E-state index in [0.717, 1.165) is 6.20 Å². The van der Waals surface area contributed by atoms with Crippen LogP contribution in [0.2, 0.25) is 0 Å². The third-order valence-corrected chi connectivity index (χ3v) is 4.56. The number of alkyl halides is 3. The normalized spacial score (nSPS) is 11.5. The summed E-state index contributed by atoms with van der Waals surface area (Å²) in [5.41, 5.74) is 4.63. The van der Waals surface area contributed by atoms with E-state index in [1.54, 1.807) is 18.3 Å². The van der Waals surface area contributed by atoms with Gasteiger partial charge in [-0.1, -0.05) is 17.3 Å². The van der Waals surface area contributed by atoms with Gasteiger partial charge in [0.25, 0.3) is 5.91 Å². The minimum absolute atomic E-state index is 0.0584. The average Bonchev–Trinajstić information content (AvgIpc) is 3.42. The third-order valence-electron chi connectivity index (χ3n) is 4.56. The number of carbonyl (C=O) groups excluding carboxylic acids is 1. The van der Waals surface area contributed by atoms with Crippen molar-refractivity contribution in [3.05, 3.63) is 77.7 Å². The molecule has 3 N–H and O–H groups in total. The van der Waals surface area contributed by atoms with Gasteiger partial charge in [-0.2, -0.15) is 18.3 Å². The molecule has 12 heteroatoms. The number of aromatic carboxylic acids is 1. The lowest BCUT2D eigenvalue weighted by atomic mass is 10.1. The number of primary amides is 1. The van der Waals surface area contributed by atoms with Crippen LogP contribution >= 0.6 is 0 Å². The van der Waals surface area contributed by atoms with E-state index in [1.807, 2.05) is 0 Å². The van der Waals surface area contributed by atoms with Crippen molar-refractivity contribution in [1.29, 1.82) is 0 Å². The van der Waals surface area contributed by atoms with Crippen LogP contribution in [0.4, 0.5) is 13.2 Å². The number of hydrogen-bond acceptors (Lipinski definition) is 5. The lowest BCUT2D eigenvalue weighted by Gasteiger charge is -2.12. The van der Waals surface area contributed by atoms with E-state index in [9.17, 15) is 22.8 Å². The molecule has 4 rings (SSSR count). The zero-order valence-corrected chi connectivity index (χ0v) is 16.0. The number of aromatic nitrogens is 5. The number of carboxylic acids is 1. The highest BCUT2D eigenvalue weighted by Crippen LogP contribution is 2.33. The van der Waals surface area contributed by atoms with Crippen molar-refractivity contribution in [3.8, 4) is 22.6 Å². The highest BCUT2D eigenvalue weighted by atomic mass is 19.4. The molecule has 0 spiro atoms. The smallest absolute Gasteiger partial charge is 0.434 e. The average molecular weight is 442 g/mol. The van der Waals surface area contributed by atoms with Gasteiger partial charge in [0.1, 0.15) is 5.69 Å². The second-order valence-corrected chi connectivity index (χ2v) is 6.63. The van der Waals surface area contributed by atoms with Crippen molar-refractivity contribution in [2.75, 3.05) is 0 Å². The molecule has 0 aliphatic heterocycles. The van der Waals surface area contributed by atoms with E-state index in [-0.39, 0.29) is 11.3 Å². The molecule has 2 aromatic heterocycles. The largest absolute Gasteiger partial charge is 0.478 e. The summed E-state index contributed by atoms with van der Waals surface area (Å²) in [6.45, 7) is 0. The minimum Gasteiger partial charge on any atom is -0.478 e. The van der Waals surface area contributed by atoms with Gasteiger partial charge in [-0.05, 0) is 36.4 Å². The maximum absolute atomic E-state index is 13.4. The van der Waals surface area contributed by atoms with Gasteiger partial charge in [0.05, 0.1) is 34.9 Å². The molecule has 9 nitrogen and oxygen atoms in total. The van der Waals surface area contributed by atoms with Crippen LogP contribution in [0.1, 0.15) is 26.4 Å². The maximum Gasteiger partial charge on any atom is 0.434 e. The number of halogens is 3. The summed E-state index contributed by atoms with van der Waals surface area (Å²) in [7, 11) is 0. The van der Waals surface area contributed by atoms with Crippen LogP contribution in [0, 0.1) is 0 Å². The number of carbonyl (C=O) groups is 2. The lowest BCUT2D eigenvalue weighted by Crippen LogP contribution is -2.20. The van der Waals surface area contributed by atoms with Crippen LogP contribution in [0.25, 0.3) is 22.6 Å². The van der Waals surface area contributed by atoms with Crippen LogP contribution in [0.15, 0.2) is 60.9 Å². The van der Waals surface area contributed by atoms with Crippen molar-refractivity contribution in [2.45, 2.75) is 6.18 Å². The second-order valence-electron chi connectivity index (χ2n) is 6.63. The van der Waals surface area contributed by atoms with E-state index in [0.29, 0.717) is 21.6 Å². The number of carboxylic acid groups (broad SMARTS) is 1. The Kier molecular flexibility index (Phi) is 4.97. The number of nitrogens with two attached hydrogens (primary N) is 1. The Balaban J connectivity index is 1.66. The molecule has 0 fully saturated rings. The van der Waals surface area contributed by atoms with E-state index in [4.69, 9.17) is 10.8 Å². The molecular weight excluding hydrogens is 429 g/mol. The summed E-state index contributed by atoms with van der Waals surface area (Å²) in [4.78, 5) is 22.5. The van der Waals surface area contributed by atoms with Crippen LogP contribution in [0.5, 0.6) is 0 Å². The number of nitrogens with zero attached hydrogens (tertiary/aromatic N) is 5. The minimum atomic E-state index is -4.84. The van der Waals surface area contributed by atoms with Gasteiger partial charge in [-0.25, -0.2) is 14.2 Å². The summed E-state index contributed by atoms with van der Waals surface area (Å²) in [6, 6.07) is 11.9. The maximum atomic E-state index is 13.4. The predicted octanol–water partition coefficient (Wildman–Crippen LogP) is 2.94. The standard InChI is InChI=1S/C20H13F3N6O3/c21-20(22,23)17-15(18(24)30)9-25-29(17)14-6-4-13(5-7-14)28-10-16(26-27-28)11-2-1-3-12(8-11)19(31)32/h1-10H,(H2,24,30)(H,31,32). The molecule has 2 heterocycles. The number of benzene rings is 2. The topological polar surface area (TPSA) is 129 Å². The first-order valence-electron chi connectivity index (χ1n) is 8.97. The van der Waals surface area contributed by atoms with Crippen LogP contribution in [0.3, 0.4) is 0 Å². The molecule has 0 saturated heterocycles. The van der Waals surface area contributed by atoms with Crippen molar-refractivity contribution in [3.63, 3.8) is 0 Å². The fraction of sp³-hybridized carbons (Fsp3) is 0.0500. The summed E-state index contributed by atoms with van der Waals surface area (Å²) in [6.07, 6.45) is -2.52. The molecule has 0 aliphatic carbocycles. The Labute approximate surface area is 177 Å². The summed E-state index contributed by atoms with van der Waals surface area (Å²) >= 11 is 0. The number of amides is 1. The zero-order chi connectivity index (χ0) is 23.0. The first-order chi connectivity index (χ1) is 15.1. The van der Waals surface area contributed by atoms with Gasteiger partial charge in [0, 0.05) is 5.56 Å². The molecule has 1 amide bonds. The van der Waals surface area contributed by atoms with Crippen LogP contribution < -0.4 is 5.73 Å². The summed E-state index contributed by atoms with van der Waals surface area (Å²) < 4.78 is 42.3. The van der Waals surface area contributed by atoms with Crippen molar-refractivity contribution in [2.24, 2.45) is 5.73 Å². The van der Waals surface area contributed by atoms with E-state index in [2.05, 4.69) is 15.4 Å². The molecule has 0 saturated carbocycles. The molecule has 0 bridgehead atoms. The van der Waals surface area contributed by atoms with Crippen molar-refractivity contribution >= 4 is 11.9 Å². The molecular formula is C20H13F3N6O3. The predicted molar refractivity (Wildman–Crippen MR) is 104 cm³/mol. The quantitative estimate of drug-likeness (QED) is 0.489. The van der Waals surface area contributed by atoms with Gasteiger partial charge in [-0.3, -0.25) is 4.79 Å². The molecule has 0 radical (unpaired) electrons. The Bertz CT molecular complexity index is 1330. The zero-order valence-electron chi connectivity index (χ0n) is 16.0. The second kappa shape index (κ2) is 7.65. The van der Waals surface area contributed by atoms with E-state index >= 15 is 0 Å². The van der Waals surface area contributed by atoms with Crippen molar-refractivity contribution in [1.82, 2.24) is 24.8 Å². The fourth-order valence-corrected chi connectivity index (χ4v) is 3.08. The summed E-state index contributed by atoms with van der Waals surface area (Å²) in [5.74, 6) is -2.31. The Morgan fingerprint density at radius 2 is 1.72 bits per heavy atom. The Morgan fingerprint density at radius 1 is 1.03 bits per heavy atom. The number of rotatable bonds is 5. The first-order valence-corrected chi connectivity index (χ1v) is 8.97. The SMILES string of the molecule is NC(=O)c1cnn(-c2ccc(-n3cc(-c4cccc(C(=O)O)c4)nn3)cc2)c1C(F)(F)F. The third kappa shape index (κ3) is 3.80. The van der Waals surface area contributed by atoms with E-state index in [1.165, 1.54) is 41.1 Å². The van der Waals surface area contributed by atoms with Gasteiger partial charge >= 0.3 is 12.1 Å². The molecule has 4 aromatic rings. The highest BCUT2D eigenvalue weighted by molar-refractivity contribution is 5.94. The molecule has 0 unspecified atom stereocenters. The molecule has 0 atom stereocenters. The van der Waals surface area contributed by atoms with E-state index < -0.39 is 29.3 Å². The number of hydrogen-bond donors (Lipinski definition) is 2. The summed E-state index contributed by atoms with van der Waals surface area (Å²) in [5, 5.41) is 20.8. The first kappa shape index (κ1) is 20.8. The Morgan fingerprint density at radius 3 is 2.34 bits per heavy atom. The van der Waals surface area contributed by atoms with Gasteiger partial charge in [0.2, 0.25) is 0 Å². The van der Waals surface area contributed by atoms with Crippen LogP contribution in [-0.4, -0.2) is 41.8 Å². The molecule has 32 heavy (non-hydrogen) atoms. The van der Waals surface area contributed by atoms with Crippen molar-refractivity contribution < 1.29 is 27.9 Å². The van der Waals surface area contributed by atoms with Gasteiger partial charge in [0.15, 0.2) is 5.69 Å². The molecule has 0 aliphatic rings. The fourth-order valence-electron chi connectivity index (χ4n) is 3.08. The van der Waals surface area contributed by atoms with Crippen LogP contribution in [-0.2, 0) is 6.18 Å². The highest BCUT2D eigenvalue weighted by Gasteiger charge is 2.40. The lowest BCUT2D eigenvalue weighted by molar-refractivity contribution is -0.143. The monoisotopic (exact) mass is 442 g/mol. The molecule has 2 aromatic carbocycles. The van der Waals surface area contributed by atoms with Gasteiger partial charge < -0.3 is 10.8 Å². The van der Waals surface area contributed by atoms with Gasteiger partial charge in [-0.15, -0.1) is 5.10 Å². The molecule has 162 valence electrons.